The number of carbonyl (C=O) groups excluding carboxylic acids is 4. The summed E-state index contributed by atoms with van der Waals surface area (Å²) in [5.41, 5.74) is 0. The number of esters is 4. The van der Waals surface area contributed by atoms with Crippen molar-refractivity contribution in [1.82, 2.24) is 0 Å². The van der Waals surface area contributed by atoms with E-state index in [0.717, 1.165) is 167 Å². The zero-order chi connectivity index (χ0) is 70.4. The van der Waals surface area contributed by atoms with Crippen LogP contribution in [0.25, 0.3) is 0 Å². The molecule has 0 bridgehead atoms. The molecule has 554 valence electrons. The molecule has 19 heteroatoms. The summed E-state index contributed by atoms with van der Waals surface area (Å²) in [7, 11) is -9.95. The van der Waals surface area contributed by atoms with Crippen LogP contribution in [0.2, 0.25) is 0 Å². The molecule has 0 fully saturated rings. The molecule has 0 aliphatic carbocycles. The van der Waals surface area contributed by atoms with E-state index in [0.29, 0.717) is 25.7 Å². The lowest BCUT2D eigenvalue weighted by Gasteiger charge is -2.21. The number of hydrogen-bond donors (Lipinski definition) is 3. The van der Waals surface area contributed by atoms with Gasteiger partial charge in [0.25, 0.3) is 0 Å². The second-order valence-corrected chi connectivity index (χ2v) is 27.8. The Kier molecular flexibility index (Phi) is 66.6. The van der Waals surface area contributed by atoms with E-state index in [1.807, 2.05) is 0 Å². The fourth-order valence-electron chi connectivity index (χ4n) is 9.81. The molecule has 5 unspecified atom stereocenters. The first kappa shape index (κ1) is 92.0. The van der Waals surface area contributed by atoms with E-state index < -0.39 is 97.5 Å². The van der Waals surface area contributed by atoms with Crippen LogP contribution in [-0.4, -0.2) is 96.7 Å². The van der Waals surface area contributed by atoms with E-state index in [-0.39, 0.29) is 25.7 Å². The number of rotatable bonds is 70. The summed E-state index contributed by atoms with van der Waals surface area (Å²) in [6.45, 7) is 4.62. The molecular weight excluding hydrogens is 1260 g/mol. The van der Waals surface area contributed by atoms with Gasteiger partial charge in [-0.25, -0.2) is 9.13 Å². The Morgan fingerprint density at radius 3 is 0.906 bits per heavy atom. The highest BCUT2D eigenvalue weighted by Gasteiger charge is 2.30. The highest BCUT2D eigenvalue weighted by atomic mass is 31.2. The van der Waals surface area contributed by atoms with Gasteiger partial charge in [-0.2, -0.15) is 0 Å². The van der Waals surface area contributed by atoms with E-state index in [4.69, 9.17) is 37.0 Å². The third-order valence-electron chi connectivity index (χ3n) is 15.5. The molecule has 0 aromatic rings. The highest BCUT2D eigenvalue weighted by molar-refractivity contribution is 7.47. The molecule has 0 aliphatic rings. The minimum Gasteiger partial charge on any atom is -0.462 e. The van der Waals surface area contributed by atoms with Gasteiger partial charge in [0.1, 0.15) is 19.3 Å². The second-order valence-electron chi connectivity index (χ2n) is 24.9. The molecule has 0 rings (SSSR count). The fourth-order valence-corrected chi connectivity index (χ4v) is 11.4. The Morgan fingerprint density at radius 1 is 0.302 bits per heavy atom. The summed E-state index contributed by atoms with van der Waals surface area (Å²) in [6, 6.07) is 0. The highest BCUT2D eigenvalue weighted by Crippen LogP contribution is 2.45. The SMILES string of the molecule is CC/C=C\C/C=C\C/C=C\C/C=C\C/C=C\CCCCCC(=O)OCC(COP(=O)(O)OCC(O)COP(=O)(O)OCC(COC(=O)CCCCCCC/C=C\C/C=C\CCC)OC(=O)CCCCCCC/C=C\CCCCCC)OC(=O)CCCCCCCCCCCCC. The van der Waals surface area contributed by atoms with Crippen molar-refractivity contribution in [3.8, 4) is 0 Å². The average Bonchev–Trinajstić information content (AvgIpc) is 1.11. The molecule has 3 N–H and O–H groups in total. The zero-order valence-electron chi connectivity index (χ0n) is 60.3. The first-order valence-electron chi connectivity index (χ1n) is 37.5. The van der Waals surface area contributed by atoms with Gasteiger partial charge < -0.3 is 33.8 Å². The van der Waals surface area contributed by atoms with E-state index >= 15 is 0 Å². The van der Waals surface area contributed by atoms with E-state index in [1.54, 1.807) is 0 Å². The lowest BCUT2D eigenvalue weighted by atomic mass is 10.1. The lowest BCUT2D eigenvalue weighted by Crippen LogP contribution is -2.30. The van der Waals surface area contributed by atoms with Crippen LogP contribution in [0.4, 0.5) is 0 Å². The molecule has 0 aliphatic heterocycles. The number of phosphoric ester groups is 2. The van der Waals surface area contributed by atoms with E-state index in [1.165, 1.54) is 64.2 Å². The quantitative estimate of drug-likeness (QED) is 0.0169. The molecule has 0 spiro atoms. The molecule has 96 heavy (non-hydrogen) atoms. The van der Waals surface area contributed by atoms with Crippen LogP contribution >= 0.6 is 15.6 Å². The molecular formula is C77H134O17P2. The van der Waals surface area contributed by atoms with Crippen LogP contribution in [0.1, 0.15) is 310 Å². The largest absolute Gasteiger partial charge is 0.472 e. The van der Waals surface area contributed by atoms with Gasteiger partial charge in [0.05, 0.1) is 26.4 Å². The average molecular weight is 1390 g/mol. The van der Waals surface area contributed by atoms with Gasteiger partial charge in [0, 0.05) is 25.7 Å². The summed E-state index contributed by atoms with van der Waals surface area (Å²) >= 11 is 0. The molecule has 0 radical (unpaired) electrons. The molecule has 0 aromatic heterocycles. The zero-order valence-corrected chi connectivity index (χ0v) is 62.1. The Hall–Kier alpha value is -4.02. The molecule has 0 saturated carbocycles. The van der Waals surface area contributed by atoms with Crippen molar-refractivity contribution < 1.29 is 80.2 Å². The number of aliphatic hydroxyl groups is 1. The Balaban J connectivity index is 5.33. The predicted molar refractivity (Wildman–Crippen MR) is 390 cm³/mol. The van der Waals surface area contributed by atoms with Crippen molar-refractivity contribution in [2.75, 3.05) is 39.6 Å². The van der Waals surface area contributed by atoms with Crippen molar-refractivity contribution in [1.29, 1.82) is 0 Å². The number of phosphoric acid groups is 2. The third kappa shape index (κ3) is 68.5. The Labute approximate surface area is 582 Å². The summed E-state index contributed by atoms with van der Waals surface area (Å²) in [5.74, 6) is -2.22. The number of carbonyl (C=O) groups is 4. The monoisotopic (exact) mass is 1390 g/mol. The van der Waals surface area contributed by atoms with E-state index in [9.17, 15) is 43.2 Å². The van der Waals surface area contributed by atoms with Crippen molar-refractivity contribution in [3.05, 3.63) is 97.2 Å². The minimum absolute atomic E-state index is 0.0822. The van der Waals surface area contributed by atoms with Gasteiger partial charge in [-0.3, -0.25) is 37.3 Å². The Bertz CT molecular complexity index is 2200. The van der Waals surface area contributed by atoms with Gasteiger partial charge >= 0.3 is 39.5 Å². The van der Waals surface area contributed by atoms with Crippen LogP contribution in [0.15, 0.2) is 97.2 Å². The summed E-state index contributed by atoms with van der Waals surface area (Å²) in [6.07, 6.45) is 71.2. The summed E-state index contributed by atoms with van der Waals surface area (Å²) < 4.78 is 68.3. The van der Waals surface area contributed by atoms with Crippen LogP contribution in [0.5, 0.6) is 0 Å². The minimum atomic E-state index is -4.98. The molecule has 0 amide bonds. The van der Waals surface area contributed by atoms with Crippen molar-refractivity contribution in [2.45, 2.75) is 329 Å². The van der Waals surface area contributed by atoms with Crippen LogP contribution < -0.4 is 0 Å². The summed E-state index contributed by atoms with van der Waals surface area (Å²) in [4.78, 5) is 72.7. The van der Waals surface area contributed by atoms with Crippen molar-refractivity contribution >= 4 is 39.5 Å². The van der Waals surface area contributed by atoms with Crippen LogP contribution in [-0.2, 0) is 65.4 Å². The van der Waals surface area contributed by atoms with Crippen molar-refractivity contribution in [3.63, 3.8) is 0 Å². The number of hydrogen-bond acceptors (Lipinski definition) is 15. The topological polar surface area (TPSA) is 237 Å². The molecule has 0 aromatic carbocycles. The van der Waals surface area contributed by atoms with Gasteiger partial charge in [-0.1, -0.05) is 260 Å². The molecule has 0 saturated heterocycles. The first-order chi connectivity index (χ1) is 46.7. The summed E-state index contributed by atoms with van der Waals surface area (Å²) in [5, 5.41) is 10.6. The lowest BCUT2D eigenvalue weighted by molar-refractivity contribution is -0.161. The standard InChI is InChI=1S/C77H134O17P2/c1-5-9-13-17-21-25-29-32-33-34-35-36-37-40-43-46-50-54-58-62-75(80)88-67-72(93-76(81)63-59-55-51-47-41-28-24-20-16-12-8-4)69-91-95(83,84)89-65-71(78)66-90-96(85,86)92-70-73(94-77(82)64-60-56-52-48-44-39-31-27-23-19-15-11-7-3)68-87-74(79)61-57-53-49-45-42-38-30-26-22-18-14-10-6-2/h9,13-14,18,21,25-27,30-33,35-36,40,43,71-73,78H,5-8,10-12,15-17,19-20,22-24,28-29,34,37-39,41-42,44-70H2,1-4H3,(H,83,84)(H,85,86)/b13-9-,18-14-,25-21-,30-26-,31-27-,33-32-,36-35-,43-40-. The van der Waals surface area contributed by atoms with Gasteiger partial charge in [0.2, 0.25) is 0 Å². The molecule has 0 heterocycles. The maximum atomic E-state index is 13.0. The second kappa shape index (κ2) is 69.5. The van der Waals surface area contributed by atoms with Crippen LogP contribution in [0, 0.1) is 0 Å². The molecule has 17 nitrogen and oxygen atoms in total. The third-order valence-corrected chi connectivity index (χ3v) is 17.4. The number of allylic oxidation sites excluding steroid dienone is 16. The van der Waals surface area contributed by atoms with Crippen LogP contribution in [0.3, 0.4) is 0 Å². The maximum absolute atomic E-state index is 13.0. The van der Waals surface area contributed by atoms with E-state index in [2.05, 4.69) is 125 Å². The number of aliphatic hydroxyl groups excluding tert-OH is 1. The van der Waals surface area contributed by atoms with Gasteiger partial charge in [0.15, 0.2) is 12.2 Å². The predicted octanol–water partition coefficient (Wildman–Crippen LogP) is 21.2. The fraction of sp³-hybridized carbons (Fsp3) is 0.740. The Morgan fingerprint density at radius 2 is 0.562 bits per heavy atom. The first-order valence-corrected chi connectivity index (χ1v) is 40.5. The van der Waals surface area contributed by atoms with Gasteiger partial charge in [-0.15, -0.1) is 0 Å². The maximum Gasteiger partial charge on any atom is 0.472 e. The van der Waals surface area contributed by atoms with Gasteiger partial charge in [-0.05, 0) is 122 Å². The smallest absolute Gasteiger partial charge is 0.462 e. The van der Waals surface area contributed by atoms with Crippen molar-refractivity contribution in [2.24, 2.45) is 0 Å². The number of unbranched alkanes of at least 4 members (excludes halogenated alkanes) is 28. The molecule has 5 atom stereocenters. The number of ether oxygens (including phenoxy) is 4. The normalized spacial score (nSPS) is 14.5.